The Kier molecular flexibility index (Phi) is 5.32. The van der Waals surface area contributed by atoms with E-state index in [0.29, 0.717) is 18.7 Å². The summed E-state index contributed by atoms with van der Waals surface area (Å²) in [6, 6.07) is 6.76. The maximum absolute atomic E-state index is 11.5. The molecule has 5 heteroatoms. The Balaban J connectivity index is 2.54. The van der Waals surface area contributed by atoms with E-state index in [4.69, 9.17) is 5.11 Å². The van der Waals surface area contributed by atoms with Crippen LogP contribution in [0.15, 0.2) is 24.3 Å². The minimum atomic E-state index is -0.954. The van der Waals surface area contributed by atoms with Gasteiger partial charge in [-0.25, -0.2) is 4.79 Å². The Morgan fingerprint density at radius 2 is 2.00 bits per heavy atom. The summed E-state index contributed by atoms with van der Waals surface area (Å²) in [7, 11) is 1.73. The quantitative estimate of drug-likeness (QED) is 0.788. The molecule has 1 rings (SSSR count). The number of carboxylic acids is 1. The third-order valence-electron chi connectivity index (χ3n) is 2.74. The highest BCUT2D eigenvalue weighted by atomic mass is 16.4. The predicted molar refractivity (Wildman–Crippen MR) is 68.4 cm³/mol. The van der Waals surface area contributed by atoms with Crippen LogP contribution in [-0.2, 0) is 11.3 Å². The summed E-state index contributed by atoms with van der Waals surface area (Å²) < 4.78 is 0. The molecule has 0 radical (unpaired) electrons. The lowest BCUT2D eigenvalue weighted by atomic mass is 10.1. The molecule has 0 fully saturated rings. The zero-order valence-corrected chi connectivity index (χ0v) is 10.6. The lowest BCUT2D eigenvalue weighted by molar-refractivity contribution is -0.128. The maximum atomic E-state index is 11.5. The summed E-state index contributed by atoms with van der Waals surface area (Å²) in [5, 5.41) is 12.0. The Bertz CT molecular complexity index is 432. The average molecular weight is 250 g/mol. The van der Waals surface area contributed by atoms with Gasteiger partial charge in [0.15, 0.2) is 0 Å². The molecule has 0 spiro atoms. The van der Waals surface area contributed by atoms with Crippen LogP contribution in [0.4, 0.5) is 0 Å². The molecule has 1 aromatic rings. The van der Waals surface area contributed by atoms with E-state index in [1.54, 1.807) is 36.2 Å². The average Bonchev–Trinajstić information content (AvgIpc) is 2.38. The molecule has 0 aliphatic rings. The number of nitrogens with one attached hydrogen (secondary N) is 1. The molecule has 0 unspecified atom stereocenters. The number of amides is 1. The highest BCUT2D eigenvalue weighted by Crippen LogP contribution is 2.08. The molecular formula is C13H18N2O3. The maximum Gasteiger partial charge on any atom is 0.336 e. The van der Waals surface area contributed by atoms with Crippen LogP contribution < -0.4 is 5.32 Å². The number of hydrogen-bond acceptors (Lipinski definition) is 3. The molecule has 0 saturated heterocycles. The van der Waals surface area contributed by atoms with E-state index in [2.05, 4.69) is 5.32 Å². The SMILES string of the molecule is CCN(C)C(=O)CNCc1ccccc1C(=O)O. The lowest BCUT2D eigenvalue weighted by Crippen LogP contribution is -2.35. The van der Waals surface area contributed by atoms with Crippen molar-refractivity contribution in [2.24, 2.45) is 0 Å². The Morgan fingerprint density at radius 3 is 2.61 bits per heavy atom. The zero-order valence-electron chi connectivity index (χ0n) is 10.6. The first-order chi connectivity index (χ1) is 8.56. The van der Waals surface area contributed by atoms with Crippen molar-refractivity contribution in [1.82, 2.24) is 10.2 Å². The van der Waals surface area contributed by atoms with Gasteiger partial charge in [-0.3, -0.25) is 4.79 Å². The Morgan fingerprint density at radius 1 is 1.33 bits per heavy atom. The van der Waals surface area contributed by atoms with Crippen LogP contribution >= 0.6 is 0 Å². The van der Waals surface area contributed by atoms with Gasteiger partial charge >= 0.3 is 5.97 Å². The van der Waals surface area contributed by atoms with Crippen molar-refractivity contribution in [3.05, 3.63) is 35.4 Å². The van der Waals surface area contributed by atoms with Gasteiger partial charge in [0.05, 0.1) is 12.1 Å². The van der Waals surface area contributed by atoms with E-state index in [9.17, 15) is 9.59 Å². The van der Waals surface area contributed by atoms with Gasteiger partial charge in [-0.1, -0.05) is 18.2 Å². The molecular weight excluding hydrogens is 232 g/mol. The molecule has 0 heterocycles. The van der Waals surface area contributed by atoms with Crippen LogP contribution in [-0.4, -0.2) is 42.0 Å². The molecule has 0 aromatic heterocycles. The molecule has 2 N–H and O–H groups in total. The second-order valence-electron chi connectivity index (χ2n) is 3.97. The van der Waals surface area contributed by atoms with Crippen molar-refractivity contribution in [1.29, 1.82) is 0 Å². The lowest BCUT2D eigenvalue weighted by Gasteiger charge is -2.15. The molecule has 1 amide bonds. The predicted octanol–water partition coefficient (Wildman–Crippen LogP) is 0.953. The largest absolute Gasteiger partial charge is 0.478 e. The number of aromatic carboxylic acids is 1. The molecule has 0 aliphatic heterocycles. The van der Waals surface area contributed by atoms with E-state index in [-0.39, 0.29) is 18.0 Å². The van der Waals surface area contributed by atoms with Crippen LogP contribution in [0, 0.1) is 0 Å². The molecule has 18 heavy (non-hydrogen) atoms. The number of likely N-dealkylation sites (N-methyl/N-ethyl adjacent to an activating group) is 1. The highest BCUT2D eigenvalue weighted by molar-refractivity contribution is 5.89. The first-order valence-corrected chi connectivity index (χ1v) is 5.82. The van der Waals surface area contributed by atoms with Crippen molar-refractivity contribution < 1.29 is 14.7 Å². The number of carbonyl (C=O) groups excluding carboxylic acids is 1. The van der Waals surface area contributed by atoms with E-state index >= 15 is 0 Å². The van der Waals surface area contributed by atoms with Gasteiger partial charge in [0.2, 0.25) is 5.91 Å². The van der Waals surface area contributed by atoms with Crippen LogP contribution in [0.1, 0.15) is 22.8 Å². The summed E-state index contributed by atoms with van der Waals surface area (Å²) in [6.45, 7) is 3.13. The molecule has 0 atom stereocenters. The Labute approximate surface area is 106 Å². The number of rotatable bonds is 6. The zero-order chi connectivity index (χ0) is 13.5. The van der Waals surface area contributed by atoms with Crippen molar-refractivity contribution in [2.45, 2.75) is 13.5 Å². The summed E-state index contributed by atoms with van der Waals surface area (Å²) in [5.41, 5.74) is 0.943. The fourth-order valence-electron chi connectivity index (χ4n) is 1.50. The standard InChI is InChI=1S/C13H18N2O3/c1-3-15(2)12(16)9-14-8-10-6-4-5-7-11(10)13(17)18/h4-7,14H,3,8-9H2,1-2H3,(H,17,18). The topological polar surface area (TPSA) is 69.6 Å². The third-order valence-corrected chi connectivity index (χ3v) is 2.74. The van der Waals surface area contributed by atoms with Crippen LogP contribution in [0.2, 0.25) is 0 Å². The van der Waals surface area contributed by atoms with Gasteiger partial charge in [0, 0.05) is 20.1 Å². The summed E-state index contributed by atoms with van der Waals surface area (Å²) in [5.74, 6) is -0.963. The van der Waals surface area contributed by atoms with Gasteiger partial charge in [-0.15, -0.1) is 0 Å². The van der Waals surface area contributed by atoms with Gasteiger partial charge < -0.3 is 15.3 Å². The Hall–Kier alpha value is -1.88. The van der Waals surface area contributed by atoms with Crippen LogP contribution in [0.25, 0.3) is 0 Å². The second-order valence-corrected chi connectivity index (χ2v) is 3.97. The molecule has 0 aliphatic carbocycles. The van der Waals surface area contributed by atoms with Crippen molar-refractivity contribution in [2.75, 3.05) is 20.1 Å². The smallest absolute Gasteiger partial charge is 0.336 e. The minimum absolute atomic E-state index is 0.00898. The molecule has 98 valence electrons. The second kappa shape index (κ2) is 6.76. The fourth-order valence-corrected chi connectivity index (χ4v) is 1.50. The van der Waals surface area contributed by atoms with E-state index in [0.717, 1.165) is 0 Å². The van der Waals surface area contributed by atoms with Gasteiger partial charge in [-0.2, -0.15) is 0 Å². The van der Waals surface area contributed by atoms with Gasteiger partial charge in [-0.05, 0) is 18.6 Å². The first-order valence-electron chi connectivity index (χ1n) is 5.82. The summed E-state index contributed by atoms with van der Waals surface area (Å²) in [6.07, 6.45) is 0. The minimum Gasteiger partial charge on any atom is -0.478 e. The first kappa shape index (κ1) is 14.2. The molecule has 0 saturated carbocycles. The monoisotopic (exact) mass is 250 g/mol. The number of carboxylic acid groups (broad SMARTS) is 1. The van der Waals surface area contributed by atoms with E-state index < -0.39 is 5.97 Å². The van der Waals surface area contributed by atoms with Crippen LogP contribution in [0.5, 0.6) is 0 Å². The number of carbonyl (C=O) groups is 2. The summed E-state index contributed by atoms with van der Waals surface area (Å²) in [4.78, 5) is 24.1. The number of hydrogen-bond donors (Lipinski definition) is 2. The van der Waals surface area contributed by atoms with Gasteiger partial charge in [0.25, 0.3) is 0 Å². The van der Waals surface area contributed by atoms with Crippen molar-refractivity contribution in [3.63, 3.8) is 0 Å². The van der Waals surface area contributed by atoms with Crippen LogP contribution in [0.3, 0.4) is 0 Å². The van der Waals surface area contributed by atoms with Gasteiger partial charge in [0.1, 0.15) is 0 Å². The third kappa shape index (κ3) is 3.85. The number of nitrogens with zero attached hydrogens (tertiary/aromatic N) is 1. The van der Waals surface area contributed by atoms with E-state index in [1.165, 1.54) is 0 Å². The normalized spacial score (nSPS) is 10.1. The van der Waals surface area contributed by atoms with Crippen molar-refractivity contribution in [3.8, 4) is 0 Å². The molecule has 1 aromatic carbocycles. The number of benzene rings is 1. The highest BCUT2D eigenvalue weighted by Gasteiger charge is 2.10. The summed E-state index contributed by atoms with van der Waals surface area (Å²) >= 11 is 0. The van der Waals surface area contributed by atoms with E-state index in [1.807, 2.05) is 6.92 Å². The van der Waals surface area contributed by atoms with Crippen molar-refractivity contribution >= 4 is 11.9 Å². The molecule has 0 bridgehead atoms. The molecule has 5 nitrogen and oxygen atoms in total. The fraction of sp³-hybridized carbons (Fsp3) is 0.385.